The van der Waals surface area contributed by atoms with Gasteiger partial charge in [0.25, 0.3) is 5.91 Å². The fourth-order valence-electron chi connectivity index (χ4n) is 2.91. The Hall–Kier alpha value is -3.14. The molecule has 0 atom stereocenters. The first-order valence-corrected chi connectivity index (χ1v) is 9.18. The molecule has 0 aliphatic rings. The van der Waals surface area contributed by atoms with Crippen molar-refractivity contribution in [2.24, 2.45) is 0 Å². The molecule has 0 aliphatic heterocycles. The van der Waals surface area contributed by atoms with E-state index in [-0.39, 0.29) is 5.91 Å². The van der Waals surface area contributed by atoms with Crippen LogP contribution in [0.2, 0.25) is 0 Å². The lowest BCUT2D eigenvalue weighted by Crippen LogP contribution is -2.31. The van der Waals surface area contributed by atoms with E-state index in [1.165, 1.54) is 5.56 Å². The minimum atomic E-state index is -0.150. The average molecular weight is 359 g/mol. The van der Waals surface area contributed by atoms with E-state index in [9.17, 15) is 4.79 Å². The van der Waals surface area contributed by atoms with Crippen molar-refractivity contribution in [3.05, 3.63) is 89.6 Å². The molecule has 4 heteroatoms. The number of anilines is 2. The fraction of sp³-hybridized carbons (Fsp3) is 0.217. The lowest BCUT2D eigenvalue weighted by molar-refractivity contribution is 0.102. The van der Waals surface area contributed by atoms with Gasteiger partial charge in [0, 0.05) is 24.5 Å². The summed E-state index contributed by atoms with van der Waals surface area (Å²) in [7, 11) is 0. The molecule has 0 saturated carbocycles. The summed E-state index contributed by atoms with van der Waals surface area (Å²) in [5.74, 6) is 0.712. The lowest BCUT2D eigenvalue weighted by Gasteiger charge is -2.28. The number of hydrogen-bond donors (Lipinski definition) is 1. The van der Waals surface area contributed by atoms with Crippen molar-refractivity contribution < 1.29 is 4.79 Å². The van der Waals surface area contributed by atoms with E-state index in [4.69, 9.17) is 0 Å². The summed E-state index contributed by atoms with van der Waals surface area (Å²) in [4.78, 5) is 19.3. The number of rotatable bonds is 6. The monoisotopic (exact) mass is 359 g/mol. The summed E-state index contributed by atoms with van der Waals surface area (Å²) < 4.78 is 0. The number of hydrogen-bond acceptors (Lipinski definition) is 3. The fourth-order valence-corrected chi connectivity index (χ4v) is 2.91. The number of benzene rings is 2. The number of aromatic nitrogens is 1. The van der Waals surface area contributed by atoms with Gasteiger partial charge in [-0.05, 0) is 50.1 Å². The Morgan fingerprint density at radius 2 is 1.70 bits per heavy atom. The maximum atomic E-state index is 12.5. The molecule has 0 unspecified atom stereocenters. The molecular formula is C23H25N3O. The maximum absolute atomic E-state index is 12.5. The number of nitrogens with zero attached hydrogens (tertiary/aromatic N) is 2. The lowest BCUT2D eigenvalue weighted by atomic mass is 10.1. The number of para-hydroxylation sites is 1. The SMILES string of the molecule is Cc1ccccc1NC(=O)c1ccc(N(Cc2ccccc2)C(C)C)nc1. The zero-order chi connectivity index (χ0) is 19.2. The molecule has 1 N–H and O–H groups in total. The van der Waals surface area contributed by atoms with Gasteiger partial charge in [0.1, 0.15) is 5.82 Å². The van der Waals surface area contributed by atoms with Crippen molar-refractivity contribution in [1.29, 1.82) is 0 Å². The highest BCUT2D eigenvalue weighted by atomic mass is 16.1. The van der Waals surface area contributed by atoms with Crippen LogP contribution in [-0.4, -0.2) is 16.9 Å². The number of amides is 1. The van der Waals surface area contributed by atoms with E-state index < -0.39 is 0 Å². The molecule has 1 heterocycles. The van der Waals surface area contributed by atoms with Crippen LogP contribution in [-0.2, 0) is 6.54 Å². The van der Waals surface area contributed by atoms with Gasteiger partial charge in [-0.2, -0.15) is 0 Å². The van der Waals surface area contributed by atoms with E-state index in [1.807, 2.05) is 61.5 Å². The van der Waals surface area contributed by atoms with Crippen molar-refractivity contribution >= 4 is 17.4 Å². The number of aryl methyl sites for hydroxylation is 1. The minimum absolute atomic E-state index is 0.150. The number of nitrogens with one attached hydrogen (secondary N) is 1. The Bertz CT molecular complexity index is 889. The van der Waals surface area contributed by atoms with Crippen LogP contribution >= 0.6 is 0 Å². The van der Waals surface area contributed by atoms with Gasteiger partial charge >= 0.3 is 0 Å². The Morgan fingerprint density at radius 1 is 1.00 bits per heavy atom. The summed E-state index contributed by atoms with van der Waals surface area (Å²) >= 11 is 0. The second-order valence-corrected chi connectivity index (χ2v) is 6.88. The standard InChI is InChI=1S/C23H25N3O/c1-17(2)26(16-19-10-5-4-6-11-19)22-14-13-20(15-24-22)23(27)25-21-12-8-7-9-18(21)3/h4-15,17H,16H2,1-3H3,(H,25,27). The van der Waals surface area contributed by atoms with Gasteiger partial charge in [-0.3, -0.25) is 4.79 Å². The van der Waals surface area contributed by atoms with Gasteiger partial charge in [0.05, 0.1) is 5.56 Å². The van der Waals surface area contributed by atoms with Gasteiger partial charge in [0.15, 0.2) is 0 Å². The topological polar surface area (TPSA) is 45.2 Å². The van der Waals surface area contributed by atoms with Crippen LogP contribution in [0.4, 0.5) is 11.5 Å². The van der Waals surface area contributed by atoms with Crippen molar-refractivity contribution in [2.45, 2.75) is 33.4 Å². The van der Waals surface area contributed by atoms with Gasteiger partial charge in [0.2, 0.25) is 0 Å². The quantitative estimate of drug-likeness (QED) is 0.669. The Labute approximate surface area is 160 Å². The molecule has 1 aromatic heterocycles. The van der Waals surface area contributed by atoms with Crippen LogP contribution in [0.1, 0.15) is 35.3 Å². The number of carbonyl (C=O) groups is 1. The van der Waals surface area contributed by atoms with Crippen molar-refractivity contribution in [3.63, 3.8) is 0 Å². The van der Waals surface area contributed by atoms with E-state index in [1.54, 1.807) is 6.20 Å². The maximum Gasteiger partial charge on any atom is 0.257 e. The number of pyridine rings is 1. The Balaban J connectivity index is 1.74. The van der Waals surface area contributed by atoms with Crippen LogP contribution < -0.4 is 10.2 Å². The highest BCUT2D eigenvalue weighted by molar-refractivity contribution is 6.04. The van der Waals surface area contributed by atoms with Crippen molar-refractivity contribution in [3.8, 4) is 0 Å². The molecule has 0 radical (unpaired) electrons. The summed E-state index contributed by atoms with van der Waals surface area (Å²) in [5, 5.41) is 2.95. The van der Waals surface area contributed by atoms with E-state index in [0.29, 0.717) is 11.6 Å². The summed E-state index contributed by atoms with van der Waals surface area (Å²) in [6.45, 7) is 7.04. The van der Waals surface area contributed by atoms with Crippen LogP contribution in [0.5, 0.6) is 0 Å². The predicted molar refractivity (Wildman–Crippen MR) is 111 cm³/mol. The first-order chi connectivity index (χ1) is 13.0. The molecule has 4 nitrogen and oxygen atoms in total. The van der Waals surface area contributed by atoms with Gasteiger partial charge in [-0.1, -0.05) is 48.5 Å². The molecule has 0 fully saturated rings. The largest absolute Gasteiger partial charge is 0.350 e. The molecule has 0 saturated heterocycles. The molecule has 3 aromatic rings. The normalized spacial score (nSPS) is 10.7. The third-order valence-electron chi connectivity index (χ3n) is 4.52. The van der Waals surface area contributed by atoms with E-state index >= 15 is 0 Å². The predicted octanol–water partition coefficient (Wildman–Crippen LogP) is 5.06. The first kappa shape index (κ1) is 18.6. The zero-order valence-electron chi connectivity index (χ0n) is 16.0. The molecule has 0 bridgehead atoms. The van der Waals surface area contributed by atoms with Crippen molar-refractivity contribution in [2.75, 3.05) is 10.2 Å². The van der Waals surface area contributed by atoms with Crippen LogP contribution in [0.3, 0.4) is 0 Å². The molecule has 27 heavy (non-hydrogen) atoms. The van der Waals surface area contributed by atoms with Gasteiger partial charge in [-0.25, -0.2) is 4.98 Å². The van der Waals surface area contributed by atoms with Crippen molar-refractivity contribution in [1.82, 2.24) is 4.98 Å². The Kier molecular flexibility index (Phi) is 5.87. The molecule has 0 spiro atoms. The van der Waals surface area contributed by atoms with Gasteiger partial charge in [-0.15, -0.1) is 0 Å². The molecule has 1 amide bonds. The van der Waals surface area contributed by atoms with Crippen LogP contribution in [0.25, 0.3) is 0 Å². The summed E-state index contributed by atoms with van der Waals surface area (Å²) in [6, 6.07) is 22.1. The second-order valence-electron chi connectivity index (χ2n) is 6.88. The first-order valence-electron chi connectivity index (χ1n) is 9.18. The van der Waals surface area contributed by atoms with E-state index in [2.05, 4.69) is 41.2 Å². The van der Waals surface area contributed by atoms with Crippen LogP contribution in [0.15, 0.2) is 72.9 Å². The summed E-state index contributed by atoms with van der Waals surface area (Å²) in [6.07, 6.45) is 1.64. The average Bonchev–Trinajstić information content (AvgIpc) is 2.68. The molecule has 0 aliphatic carbocycles. The molecule has 2 aromatic carbocycles. The molecule has 138 valence electrons. The highest BCUT2D eigenvalue weighted by Gasteiger charge is 2.14. The van der Waals surface area contributed by atoms with Crippen LogP contribution in [0, 0.1) is 6.92 Å². The zero-order valence-corrected chi connectivity index (χ0v) is 16.0. The Morgan fingerprint density at radius 3 is 2.33 bits per heavy atom. The van der Waals surface area contributed by atoms with Gasteiger partial charge < -0.3 is 10.2 Å². The third kappa shape index (κ3) is 4.73. The second kappa shape index (κ2) is 8.49. The number of carbonyl (C=O) groups excluding carboxylic acids is 1. The smallest absolute Gasteiger partial charge is 0.257 e. The minimum Gasteiger partial charge on any atom is -0.350 e. The summed E-state index contributed by atoms with van der Waals surface area (Å²) in [5.41, 5.74) is 3.63. The molecular weight excluding hydrogens is 334 g/mol. The van der Waals surface area contributed by atoms with E-state index in [0.717, 1.165) is 23.6 Å². The third-order valence-corrected chi connectivity index (χ3v) is 4.52. The molecule has 3 rings (SSSR count). The highest BCUT2D eigenvalue weighted by Crippen LogP contribution is 2.19.